The highest BCUT2D eigenvalue weighted by Crippen LogP contribution is 2.42. The molecule has 1 aromatic carbocycles. The molecular formula is C15H22O3. The summed E-state index contributed by atoms with van der Waals surface area (Å²) in [4.78, 5) is 0. The van der Waals surface area contributed by atoms with E-state index in [0.717, 1.165) is 29.7 Å². The van der Waals surface area contributed by atoms with E-state index in [1.807, 2.05) is 6.07 Å². The standard InChI is InChI=1S/C15H22O3/c1-14(2,3)11-8-13(18-4)10(7-12(11)16)9-15(17)5-6-15/h7-8,16-17H,5-6,9H2,1-4H3. The average molecular weight is 250 g/mol. The van der Waals surface area contributed by atoms with Gasteiger partial charge in [-0.2, -0.15) is 0 Å². The van der Waals surface area contributed by atoms with Crippen LogP contribution < -0.4 is 4.74 Å². The Balaban J connectivity index is 2.39. The molecule has 1 aliphatic carbocycles. The van der Waals surface area contributed by atoms with Crippen LogP contribution in [-0.2, 0) is 11.8 Å². The molecule has 1 aromatic rings. The third-order valence-electron chi connectivity index (χ3n) is 3.55. The Kier molecular flexibility index (Phi) is 3.06. The van der Waals surface area contributed by atoms with Crippen LogP contribution in [-0.4, -0.2) is 22.9 Å². The van der Waals surface area contributed by atoms with Gasteiger partial charge in [-0.25, -0.2) is 0 Å². The van der Waals surface area contributed by atoms with Crippen LogP contribution >= 0.6 is 0 Å². The van der Waals surface area contributed by atoms with Crippen LogP contribution in [0.3, 0.4) is 0 Å². The monoisotopic (exact) mass is 250 g/mol. The van der Waals surface area contributed by atoms with Crippen molar-refractivity contribution < 1.29 is 14.9 Å². The number of phenolic OH excluding ortho intramolecular Hbond substituents is 1. The fourth-order valence-electron chi connectivity index (χ4n) is 2.22. The molecule has 0 atom stereocenters. The summed E-state index contributed by atoms with van der Waals surface area (Å²) in [6.07, 6.45) is 2.21. The van der Waals surface area contributed by atoms with E-state index >= 15 is 0 Å². The van der Waals surface area contributed by atoms with Gasteiger partial charge in [-0.15, -0.1) is 0 Å². The van der Waals surface area contributed by atoms with Crippen LogP contribution in [0.4, 0.5) is 0 Å². The first kappa shape index (κ1) is 13.2. The van der Waals surface area contributed by atoms with Crippen molar-refractivity contribution in [3.05, 3.63) is 23.3 Å². The SMILES string of the molecule is COc1cc(C(C)(C)C)c(O)cc1CC1(O)CC1. The van der Waals surface area contributed by atoms with Crippen molar-refractivity contribution in [1.29, 1.82) is 0 Å². The number of ether oxygens (including phenoxy) is 1. The number of phenols is 1. The summed E-state index contributed by atoms with van der Waals surface area (Å²) in [5, 5.41) is 20.1. The van der Waals surface area contributed by atoms with E-state index in [4.69, 9.17) is 4.74 Å². The summed E-state index contributed by atoms with van der Waals surface area (Å²) in [6.45, 7) is 6.15. The van der Waals surface area contributed by atoms with Crippen molar-refractivity contribution in [2.24, 2.45) is 0 Å². The van der Waals surface area contributed by atoms with E-state index in [1.165, 1.54) is 0 Å². The van der Waals surface area contributed by atoms with Crippen molar-refractivity contribution in [1.82, 2.24) is 0 Å². The number of hydrogen-bond acceptors (Lipinski definition) is 3. The molecule has 1 saturated carbocycles. The molecule has 0 bridgehead atoms. The van der Waals surface area contributed by atoms with Gasteiger partial charge in [0.05, 0.1) is 12.7 Å². The third-order valence-corrected chi connectivity index (χ3v) is 3.55. The molecule has 0 radical (unpaired) electrons. The molecule has 0 amide bonds. The summed E-state index contributed by atoms with van der Waals surface area (Å²) in [5.74, 6) is 1.03. The van der Waals surface area contributed by atoms with Crippen LogP contribution in [0.1, 0.15) is 44.7 Å². The molecule has 2 rings (SSSR count). The fraction of sp³-hybridized carbons (Fsp3) is 0.600. The molecule has 2 N–H and O–H groups in total. The Morgan fingerprint density at radius 2 is 1.89 bits per heavy atom. The molecule has 0 saturated heterocycles. The maximum absolute atomic E-state index is 10.1. The van der Waals surface area contributed by atoms with Crippen LogP contribution in [0.15, 0.2) is 12.1 Å². The first-order valence-corrected chi connectivity index (χ1v) is 6.38. The molecule has 0 unspecified atom stereocenters. The van der Waals surface area contributed by atoms with Crippen LogP contribution in [0.25, 0.3) is 0 Å². The minimum atomic E-state index is -0.580. The molecule has 0 aromatic heterocycles. The van der Waals surface area contributed by atoms with Crippen molar-refractivity contribution in [3.8, 4) is 11.5 Å². The highest BCUT2D eigenvalue weighted by Gasteiger charge is 2.41. The van der Waals surface area contributed by atoms with Gasteiger partial charge in [-0.3, -0.25) is 0 Å². The largest absolute Gasteiger partial charge is 0.508 e. The highest BCUT2D eigenvalue weighted by atomic mass is 16.5. The Bertz CT molecular complexity index is 454. The number of methoxy groups -OCH3 is 1. The van der Waals surface area contributed by atoms with Gasteiger partial charge in [-0.05, 0) is 30.4 Å². The number of rotatable bonds is 3. The molecule has 0 spiro atoms. The second-order valence-corrected chi connectivity index (χ2v) is 6.33. The molecule has 18 heavy (non-hydrogen) atoms. The van der Waals surface area contributed by atoms with Gasteiger partial charge in [0.25, 0.3) is 0 Å². The van der Waals surface area contributed by atoms with Gasteiger partial charge in [0.15, 0.2) is 0 Å². The van der Waals surface area contributed by atoms with Crippen molar-refractivity contribution in [2.75, 3.05) is 7.11 Å². The van der Waals surface area contributed by atoms with Gasteiger partial charge in [0, 0.05) is 17.5 Å². The maximum atomic E-state index is 10.1. The van der Waals surface area contributed by atoms with Gasteiger partial charge in [0.1, 0.15) is 11.5 Å². The summed E-state index contributed by atoms with van der Waals surface area (Å²) in [6, 6.07) is 3.62. The fourth-order valence-corrected chi connectivity index (χ4v) is 2.22. The van der Waals surface area contributed by atoms with E-state index in [-0.39, 0.29) is 11.2 Å². The Morgan fingerprint density at radius 3 is 2.33 bits per heavy atom. The van der Waals surface area contributed by atoms with Crippen LogP contribution in [0.2, 0.25) is 0 Å². The zero-order valence-electron chi connectivity index (χ0n) is 11.6. The smallest absolute Gasteiger partial charge is 0.122 e. The minimum Gasteiger partial charge on any atom is -0.508 e. The topological polar surface area (TPSA) is 49.7 Å². The lowest BCUT2D eigenvalue weighted by atomic mass is 9.85. The lowest BCUT2D eigenvalue weighted by Crippen LogP contribution is -2.14. The normalized spacial score (nSPS) is 17.6. The molecular weight excluding hydrogens is 228 g/mol. The first-order valence-electron chi connectivity index (χ1n) is 6.38. The van der Waals surface area contributed by atoms with Crippen molar-refractivity contribution in [2.45, 2.75) is 51.0 Å². The summed E-state index contributed by atoms with van der Waals surface area (Å²) < 4.78 is 5.39. The zero-order chi connectivity index (χ0) is 13.6. The van der Waals surface area contributed by atoms with Gasteiger partial charge in [0.2, 0.25) is 0 Å². The second-order valence-electron chi connectivity index (χ2n) is 6.33. The molecule has 1 aliphatic rings. The number of benzene rings is 1. The molecule has 0 aliphatic heterocycles. The summed E-state index contributed by atoms with van der Waals surface area (Å²) in [5.41, 5.74) is 1.03. The highest BCUT2D eigenvalue weighted by molar-refractivity contribution is 5.49. The zero-order valence-corrected chi connectivity index (χ0v) is 11.6. The predicted octanol–water partition coefficient (Wildman–Crippen LogP) is 2.77. The van der Waals surface area contributed by atoms with E-state index in [9.17, 15) is 10.2 Å². The lowest BCUT2D eigenvalue weighted by Gasteiger charge is -2.23. The third kappa shape index (κ3) is 2.61. The predicted molar refractivity (Wildman–Crippen MR) is 71.2 cm³/mol. The quantitative estimate of drug-likeness (QED) is 0.867. The van der Waals surface area contributed by atoms with Crippen molar-refractivity contribution in [3.63, 3.8) is 0 Å². The molecule has 0 heterocycles. The molecule has 100 valence electrons. The van der Waals surface area contributed by atoms with Crippen molar-refractivity contribution >= 4 is 0 Å². The first-order chi connectivity index (χ1) is 8.25. The molecule has 3 nitrogen and oxygen atoms in total. The van der Waals surface area contributed by atoms with Gasteiger partial charge in [-0.1, -0.05) is 20.8 Å². The number of aliphatic hydroxyl groups is 1. The van der Waals surface area contributed by atoms with E-state index in [0.29, 0.717) is 6.42 Å². The van der Waals surface area contributed by atoms with E-state index < -0.39 is 5.60 Å². The summed E-state index contributed by atoms with van der Waals surface area (Å²) in [7, 11) is 1.62. The van der Waals surface area contributed by atoms with Crippen LogP contribution in [0.5, 0.6) is 11.5 Å². The average Bonchev–Trinajstić information content (AvgIpc) is 2.94. The lowest BCUT2D eigenvalue weighted by molar-refractivity contribution is 0.150. The van der Waals surface area contributed by atoms with Crippen LogP contribution in [0, 0.1) is 0 Å². The van der Waals surface area contributed by atoms with Gasteiger partial charge >= 0.3 is 0 Å². The second kappa shape index (κ2) is 4.16. The Hall–Kier alpha value is -1.22. The summed E-state index contributed by atoms with van der Waals surface area (Å²) >= 11 is 0. The number of aromatic hydroxyl groups is 1. The Morgan fingerprint density at radius 1 is 1.28 bits per heavy atom. The number of hydrogen-bond donors (Lipinski definition) is 2. The van der Waals surface area contributed by atoms with E-state index in [1.54, 1.807) is 13.2 Å². The minimum absolute atomic E-state index is 0.133. The molecule has 3 heteroatoms. The van der Waals surface area contributed by atoms with Gasteiger partial charge < -0.3 is 14.9 Å². The molecule has 1 fully saturated rings. The van der Waals surface area contributed by atoms with E-state index in [2.05, 4.69) is 20.8 Å². The Labute approximate surface area is 108 Å². The maximum Gasteiger partial charge on any atom is 0.122 e.